The molecule has 1 heteroatoms. The molecule has 0 aliphatic heterocycles. The van der Waals surface area contributed by atoms with Gasteiger partial charge in [0, 0.05) is 0 Å². The fourth-order valence-electron chi connectivity index (χ4n) is 4.12. The minimum absolute atomic E-state index is 0.168. The average Bonchev–Trinajstić information content (AvgIpc) is 2.64. The maximum Gasteiger partial charge on any atom is 0.122 e. The second-order valence-electron chi connectivity index (χ2n) is 9.43. The molecule has 0 saturated carbocycles. The van der Waals surface area contributed by atoms with E-state index in [0.717, 1.165) is 12.8 Å². The first-order valence-corrected chi connectivity index (χ1v) is 11.7. The molecule has 0 aliphatic rings. The summed E-state index contributed by atoms with van der Waals surface area (Å²) in [5.74, 6) is 1.43. The van der Waals surface area contributed by atoms with Crippen molar-refractivity contribution in [2.24, 2.45) is 0 Å². The highest BCUT2D eigenvalue weighted by atomic mass is 16.3. The summed E-state index contributed by atoms with van der Waals surface area (Å²) in [6.45, 7) is 16.1. The van der Waals surface area contributed by atoms with Crippen LogP contribution < -0.4 is 0 Å². The number of phenolic OH excluding ortho intramolecular Hbond substituents is 1. The lowest BCUT2D eigenvalue weighted by Crippen LogP contribution is -2.18. The Morgan fingerprint density at radius 1 is 0.778 bits per heavy atom. The first-order valence-electron chi connectivity index (χ1n) is 11.7. The molecule has 1 aromatic rings. The summed E-state index contributed by atoms with van der Waals surface area (Å²) in [5, 5.41) is 11.1. The molecule has 0 saturated heterocycles. The SMILES string of the molecule is CCCCCC(C)(C)c1cc(C(C)CCCC)c(O)c(C(C)CCCC)c1. The van der Waals surface area contributed by atoms with Crippen molar-refractivity contribution < 1.29 is 5.11 Å². The summed E-state index contributed by atoms with van der Waals surface area (Å²) < 4.78 is 0. The Morgan fingerprint density at radius 3 is 1.63 bits per heavy atom. The van der Waals surface area contributed by atoms with E-state index in [-0.39, 0.29) is 5.41 Å². The van der Waals surface area contributed by atoms with Crippen LogP contribution in [0.15, 0.2) is 12.1 Å². The van der Waals surface area contributed by atoms with Gasteiger partial charge in [0.05, 0.1) is 0 Å². The normalized spacial score (nSPS) is 14.3. The summed E-state index contributed by atoms with van der Waals surface area (Å²) in [6.07, 6.45) is 12.3. The zero-order chi connectivity index (χ0) is 20.4. The second-order valence-corrected chi connectivity index (χ2v) is 9.43. The van der Waals surface area contributed by atoms with Crippen LogP contribution in [0.5, 0.6) is 5.75 Å². The molecular weight excluding hydrogens is 328 g/mol. The standard InChI is InChI=1S/C26H46O/c1-8-11-14-17-26(6,7)22-18-23(20(4)15-12-9-2)25(27)24(19-22)21(5)16-13-10-3/h18-21,27H,8-17H2,1-7H3. The predicted octanol–water partition coefficient (Wildman–Crippen LogP) is 8.84. The van der Waals surface area contributed by atoms with Gasteiger partial charge in [0.15, 0.2) is 0 Å². The molecular formula is C26H46O. The Hall–Kier alpha value is -0.980. The van der Waals surface area contributed by atoms with E-state index in [9.17, 15) is 5.11 Å². The molecule has 0 amide bonds. The van der Waals surface area contributed by atoms with Gasteiger partial charge in [0.1, 0.15) is 5.75 Å². The van der Waals surface area contributed by atoms with Crippen LogP contribution in [-0.4, -0.2) is 5.11 Å². The molecule has 156 valence electrons. The van der Waals surface area contributed by atoms with Gasteiger partial charge < -0.3 is 5.11 Å². The van der Waals surface area contributed by atoms with Crippen molar-refractivity contribution >= 4 is 0 Å². The smallest absolute Gasteiger partial charge is 0.122 e. The quantitative estimate of drug-likeness (QED) is 0.342. The third-order valence-electron chi connectivity index (χ3n) is 6.40. The third kappa shape index (κ3) is 7.16. The number of unbranched alkanes of at least 4 members (excludes halogenated alkanes) is 4. The second kappa shape index (κ2) is 11.8. The minimum atomic E-state index is 0.168. The van der Waals surface area contributed by atoms with Gasteiger partial charge in [-0.3, -0.25) is 0 Å². The molecule has 1 rings (SSSR count). The summed E-state index contributed by atoms with van der Waals surface area (Å²) in [7, 11) is 0. The summed E-state index contributed by atoms with van der Waals surface area (Å²) in [5.41, 5.74) is 3.96. The Labute approximate surface area is 170 Å². The van der Waals surface area contributed by atoms with E-state index in [1.807, 2.05) is 0 Å². The number of hydrogen-bond acceptors (Lipinski definition) is 1. The van der Waals surface area contributed by atoms with Gasteiger partial charge in [-0.15, -0.1) is 0 Å². The van der Waals surface area contributed by atoms with Gasteiger partial charge in [-0.1, -0.05) is 106 Å². The van der Waals surface area contributed by atoms with E-state index in [2.05, 4.69) is 60.6 Å². The molecule has 0 heterocycles. The van der Waals surface area contributed by atoms with E-state index in [1.165, 1.54) is 68.1 Å². The van der Waals surface area contributed by atoms with Gasteiger partial charge in [-0.2, -0.15) is 0 Å². The van der Waals surface area contributed by atoms with Crippen molar-refractivity contribution in [3.63, 3.8) is 0 Å². The number of aromatic hydroxyl groups is 1. The van der Waals surface area contributed by atoms with Crippen molar-refractivity contribution in [2.75, 3.05) is 0 Å². The molecule has 0 fully saturated rings. The van der Waals surface area contributed by atoms with E-state index >= 15 is 0 Å². The van der Waals surface area contributed by atoms with Crippen LogP contribution >= 0.6 is 0 Å². The van der Waals surface area contributed by atoms with E-state index in [1.54, 1.807) is 0 Å². The van der Waals surface area contributed by atoms with Gasteiger partial charge in [-0.05, 0) is 53.2 Å². The Bertz CT molecular complexity index is 508. The monoisotopic (exact) mass is 374 g/mol. The zero-order valence-electron chi connectivity index (χ0n) is 19.3. The van der Waals surface area contributed by atoms with Gasteiger partial charge in [0.25, 0.3) is 0 Å². The molecule has 0 bridgehead atoms. The Morgan fingerprint density at radius 2 is 1.22 bits per heavy atom. The highest BCUT2D eigenvalue weighted by Gasteiger charge is 2.26. The molecule has 0 spiro atoms. The molecule has 1 nitrogen and oxygen atoms in total. The highest BCUT2D eigenvalue weighted by molar-refractivity contribution is 5.49. The van der Waals surface area contributed by atoms with Gasteiger partial charge >= 0.3 is 0 Å². The van der Waals surface area contributed by atoms with E-state index in [0.29, 0.717) is 17.6 Å². The van der Waals surface area contributed by atoms with E-state index in [4.69, 9.17) is 0 Å². The Kier molecular flexibility index (Phi) is 10.5. The third-order valence-corrected chi connectivity index (χ3v) is 6.40. The molecule has 2 unspecified atom stereocenters. The first kappa shape index (κ1) is 24.1. The van der Waals surface area contributed by atoms with Gasteiger partial charge in [0.2, 0.25) is 0 Å². The van der Waals surface area contributed by atoms with Crippen molar-refractivity contribution in [1.82, 2.24) is 0 Å². The Balaban J connectivity index is 3.28. The summed E-state index contributed by atoms with van der Waals surface area (Å²) in [6, 6.07) is 4.66. The number of benzene rings is 1. The lowest BCUT2D eigenvalue weighted by molar-refractivity contribution is 0.431. The topological polar surface area (TPSA) is 20.2 Å². The lowest BCUT2D eigenvalue weighted by atomic mass is 9.76. The molecule has 0 aromatic heterocycles. The van der Waals surface area contributed by atoms with E-state index < -0.39 is 0 Å². The minimum Gasteiger partial charge on any atom is -0.507 e. The van der Waals surface area contributed by atoms with Crippen LogP contribution in [-0.2, 0) is 5.41 Å². The zero-order valence-corrected chi connectivity index (χ0v) is 19.3. The molecule has 1 aromatic carbocycles. The summed E-state index contributed by atoms with van der Waals surface area (Å²) >= 11 is 0. The molecule has 0 radical (unpaired) electrons. The predicted molar refractivity (Wildman–Crippen MR) is 121 cm³/mol. The maximum atomic E-state index is 11.1. The average molecular weight is 375 g/mol. The lowest BCUT2D eigenvalue weighted by Gasteiger charge is -2.29. The molecule has 1 N–H and O–H groups in total. The van der Waals surface area contributed by atoms with Crippen LogP contribution in [0.1, 0.15) is 141 Å². The maximum absolute atomic E-state index is 11.1. The van der Waals surface area contributed by atoms with Crippen LogP contribution in [0, 0.1) is 0 Å². The molecule has 27 heavy (non-hydrogen) atoms. The van der Waals surface area contributed by atoms with Crippen molar-refractivity contribution in [1.29, 1.82) is 0 Å². The summed E-state index contributed by atoms with van der Waals surface area (Å²) in [4.78, 5) is 0. The molecule has 0 aliphatic carbocycles. The van der Waals surface area contributed by atoms with Crippen LogP contribution in [0.3, 0.4) is 0 Å². The first-order chi connectivity index (χ1) is 12.8. The van der Waals surface area contributed by atoms with Crippen molar-refractivity contribution in [3.05, 3.63) is 28.8 Å². The van der Waals surface area contributed by atoms with Crippen LogP contribution in [0.2, 0.25) is 0 Å². The van der Waals surface area contributed by atoms with Crippen LogP contribution in [0.25, 0.3) is 0 Å². The van der Waals surface area contributed by atoms with Crippen molar-refractivity contribution in [3.8, 4) is 5.75 Å². The molecule has 2 atom stereocenters. The number of rotatable bonds is 13. The van der Waals surface area contributed by atoms with Crippen molar-refractivity contribution in [2.45, 2.75) is 130 Å². The largest absolute Gasteiger partial charge is 0.507 e. The fraction of sp³-hybridized carbons (Fsp3) is 0.769. The number of hydrogen-bond donors (Lipinski definition) is 1. The highest BCUT2D eigenvalue weighted by Crippen LogP contribution is 2.42. The number of phenols is 1. The fourth-order valence-corrected chi connectivity index (χ4v) is 4.12. The van der Waals surface area contributed by atoms with Gasteiger partial charge in [-0.25, -0.2) is 0 Å². The van der Waals surface area contributed by atoms with Crippen LogP contribution in [0.4, 0.5) is 0 Å².